The van der Waals surface area contributed by atoms with E-state index in [-0.39, 0.29) is 17.1 Å². The number of nitrogens with zero attached hydrogens (tertiary/aromatic N) is 4. The number of carbonyl (C=O) groups excluding carboxylic acids is 1. The van der Waals surface area contributed by atoms with Crippen molar-refractivity contribution in [3.63, 3.8) is 0 Å². The molecule has 1 saturated heterocycles. The number of amides is 1. The van der Waals surface area contributed by atoms with Gasteiger partial charge in [0.05, 0.1) is 18.6 Å². The highest BCUT2D eigenvalue weighted by molar-refractivity contribution is 7.99. The minimum atomic E-state index is -0.680. The van der Waals surface area contributed by atoms with Crippen LogP contribution in [0.1, 0.15) is 18.4 Å². The van der Waals surface area contributed by atoms with Gasteiger partial charge < -0.3 is 14.6 Å². The zero-order valence-corrected chi connectivity index (χ0v) is 19.6. The normalized spacial score (nSPS) is 13.4. The number of carbonyl (C=O) groups is 1. The first kappa shape index (κ1) is 23.1. The molecule has 1 aliphatic rings. The number of hydrogen-bond acceptors (Lipinski definition) is 6. The van der Waals surface area contributed by atoms with Crippen molar-refractivity contribution in [3.8, 4) is 11.6 Å². The fraction of sp³-hybridized carbons (Fsp3) is 0.240. The summed E-state index contributed by atoms with van der Waals surface area (Å²) in [6.07, 6.45) is 3.38. The predicted molar refractivity (Wildman–Crippen MR) is 130 cm³/mol. The molecule has 0 saturated carbocycles. The number of thioether (sulfide) groups is 1. The van der Waals surface area contributed by atoms with E-state index in [1.54, 1.807) is 23.3 Å². The lowest BCUT2D eigenvalue weighted by atomic mass is 10.2. The van der Waals surface area contributed by atoms with Crippen LogP contribution in [0.5, 0.6) is 0 Å². The highest BCUT2D eigenvalue weighted by Crippen LogP contribution is 2.30. The van der Waals surface area contributed by atoms with Crippen LogP contribution >= 0.6 is 11.8 Å². The van der Waals surface area contributed by atoms with Gasteiger partial charge in [-0.3, -0.25) is 9.36 Å². The summed E-state index contributed by atoms with van der Waals surface area (Å²) in [5.74, 6) is -0.669. The van der Waals surface area contributed by atoms with Gasteiger partial charge in [0.25, 0.3) is 0 Å². The molecule has 2 aromatic carbocycles. The second kappa shape index (κ2) is 10.3. The minimum absolute atomic E-state index is 0.0117. The summed E-state index contributed by atoms with van der Waals surface area (Å²) >= 11 is 1.18. The molecule has 0 aliphatic carbocycles. The van der Waals surface area contributed by atoms with Crippen LogP contribution in [0, 0.1) is 11.6 Å². The molecule has 5 rings (SSSR count). The van der Waals surface area contributed by atoms with E-state index in [1.807, 2.05) is 34.9 Å². The third-order valence-corrected chi connectivity index (χ3v) is 6.66. The Morgan fingerprint density at radius 3 is 2.46 bits per heavy atom. The molecule has 4 aromatic rings. The molecule has 1 amide bonds. The summed E-state index contributed by atoms with van der Waals surface area (Å²) in [7, 11) is 0. The van der Waals surface area contributed by atoms with Crippen LogP contribution in [0.25, 0.3) is 11.6 Å². The van der Waals surface area contributed by atoms with E-state index in [2.05, 4.69) is 15.5 Å². The van der Waals surface area contributed by atoms with Gasteiger partial charge in [-0.15, -0.1) is 10.2 Å². The molecule has 0 spiro atoms. The Bertz CT molecular complexity index is 1280. The molecule has 0 unspecified atom stereocenters. The van der Waals surface area contributed by atoms with Crippen LogP contribution in [0.2, 0.25) is 0 Å². The molecule has 2 aromatic heterocycles. The summed E-state index contributed by atoms with van der Waals surface area (Å²) in [6, 6.07) is 15.7. The highest BCUT2D eigenvalue weighted by Gasteiger charge is 2.22. The molecule has 3 heterocycles. The van der Waals surface area contributed by atoms with E-state index in [4.69, 9.17) is 4.42 Å². The first-order valence-corrected chi connectivity index (χ1v) is 12.2. The first-order valence-electron chi connectivity index (χ1n) is 11.3. The van der Waals surface area contributed by atoms with Gasteiger partial charge in [-0.25, -0.2) is 8.78 Å². The second-order valence-corrected chi connectivity index (χ2v) is 9.12. The second-order valence-electron chi connectivity index (χ2n) is 8.17. The van der Waals surface area contributed by atoms with E-state index < -0.39 is 17.5 Å². The van der Waals surface area contributed by atoms with E-state index in [0.717, 1.165) is 30.5 Å². The zero-order chi connectivity index (χ0) is 24.2. The molecule has 0 radical (unpaired) electrons. The van der Waals surface area contributed by atoms with E-state index in [9.17, 15) is 13.6 Å². The highest BCUT2D eigenvalue weighted by atomic mass is 32.2. The molecule has 1 fully saturated rings. The van der Waals surface area contributed by atoms with Crippen molar-refractivity contribution < 1.29 is 18.0 Å². The standard InChI is InChI=1S/C25H23F2N5O2S/c26-19-13-18(14-20(27)23(19)31-10-4-5-11-31)28-22(33)16-35-25-30-29-24(21-9-6-12-34-21)32(25)15-17-7-2-1-3-8-17/h1-3,6-9,12-14H,4-5,10-11,15-16H2,(H,28,33). The number of rotatable bonds is 8. The lowest BCUT2D eigenvalue weighted by molar-refractivity contribution is -0.113. The van der Waals surface area contributed by atoms with Gasteiger partial charge in [-0.1, -0.05) is 42.1 Å². The Hall–Kier alpha value is -3.66. The lowest BCUT2D eigenvalue weighted by Gasteiger charge is -2.19. The summed E-state index contributed by atoms with van der Waals surface area (Å²) in [5.41, 5.74) is 1.08. The smallest absolute Gasteiger partial charge is 0.234 e. The Morgan fingerprint density at radius 2 is 1.77 bits per heavy atom. The van der Waals surface area contributed by atoms with Gasteiger partial charge in [-0.05, 0) is 42.7 Å². The SMILES string of the molecule is O=C(CSc1nnc(-c2ccco2)n1Cc1ccccc1)Nc1cc(F)c(N2CCCC2)c(F)c1. The van der Waals surface area contributed by atoms with Crippen LogP contribution in [-0.4, -0.2) is 39.5 Å². The molecule has 180 valence electrons. The Balaban J connectivity index is 1.29. The lowest BCUT2D eigenvalue weighted by Crippen LogP contribution is -2.21. The summed E-state index contributed by atoms with van der Waals surface area (Å²) in [5, 5.41) is 11.6. The van der Waals surface area contributed by atoms with Crippen molar-refractivity contribution in [2.45, 2.75) is 24.5 Å². The maximum Gasteiger partial charge on any atom is 0.234 e. The van der Waals surface area contributed by atoms with Crippen molar-refractivity contribution in [1.82, 2.24) is 14.8 Å². The quantitative estimate of drug-likeness (QED) is 0.339. The fourth-order valence-corrected chi connectivity index (χ4v) is 4.84. The minimum Gasteiger partial charge on any atom is -0.461 e. The molecule has 1 aliphatic heterocycles. The van der Waals surface area contributed by atoms with Crippen molar-refractivity contribution in [2.24, 2.45) is 0 Å². The van der Waals surface area contributed by atoms with E-state index >= 15 is 0 Å². The summed E-state index contributed by atoms with van der Waals surface area (Å²) < 4.78 is 36.6. The third kappa shape index (κ3) is 5.22. The van der Waals surface area contributed by atoms with Gasteiger partial charge in [0.1, 0.15) is 5.69 Å². The molecule has 0 bridgehead atoms. The van der Waals surface area contributed by atoms with Crippen LogP contribution in [0.15, 0.2) is 70.4 Å². The first-order chi connectivity index (χ1) is 17.1. The molecular weight excluding hydrogens is 472 g/mol. The Labute approximate surface area is 205 Å². The topological polar surface area (TPSA) is 76.2 Å². The Kier molecular flexibility index (Phi) is 6.80. The number of anilines is 2. The van der Waals surface area contributed by atoms with Gasteiger partial charge in [-0.2, -0.15) is 0 Å². The van der Waals surface area contributed by atoms with Crippen molar-refractivity contribution >= 4 is 29.0 Å². The van der Waals surface area contributed by atoms with Crippen LogP contribution in [-0.2, 0) is 11.3 Å². The molecular formula is C25H23F2N5O2S. The number of furan rings is 1. The number of nitrogens with one attached hydrogen (secondary N) is 1. The molecule has 7 nitrogen and oxygen atoms in total. The molecule has 35 heavy (non-hydrogen) atoms. The third-order valence-electron chi connectivity index (χ3n) is 5.70. The Morgan fingerprint density at radius 1 is 1.03 bits per heavy atom. The predicted octanol–water partition coefficient (Wildman–Crippen LogP) is 5.20. The number of halogens is 2. The maximum absolute atomic E-state index is 14.6. The van der Waals surface area contributed by atoms with E-state index in [0.29, 0.717) is 36.4 Å². The van der Waals surface area contributed by atoms with Gasteiger partial charge in [0.15, 0.2) is 22.6 Å². The van der Waals surface area contributed by atoms with Crippen molar-refractivity contribution in [1.29, 1.82) is 0 Å². The summed E-state index contributed by atoms with van der Waals surface area (Å²) in [6.45, 7) is 1.74. The van der Waals surface area contributed by atoms with Crippen LogP contribution in [0.4, 0.5) is 20.2 Å². The fourth-order valence-electron chi connectivity index (χ4n) is 4.10. The molecule has 0 atom stereocenters. The number of aromatic nitrogens is 3. The van der Waals surface area contributed by atoms with E-state index in [1.165, 1.54) is 11.8 Å². The number of benzene rings is 2. The molecule has 10 heteroatoms. The van der Waals surface area contributed by atoms with Gasteiger partial charge in [0, 0.05) is 18.8 Å². The van der Waals surface area contributed by atoms with Crippen LogP contribution < -0.4 is 10.2 Å². The average Bonchev–Trinajstić information content (AvgIpc) is 3.61. The van der Waals surface area contributed by atoms with Crippen molar-refractivity contribution in [3.05, 3.63) is 78.1 Å². The maximum atomic E-state index is 14.6. The monoisotopic (exact) mass is 495 g/mol. The zero-order valence-electron chi connectivity index (χ0n) is 18.8. The molecule has 1 N–H and O–H groups in total. The van der Waals surface area contributed by atoms with Gasteiger partial charge >= 0.3 is 0 Å². The van der Waals surface area contributed by atoms with Crippen LogP contribution in [0.3, 0.4) is 0 Å². The largest absolute Gasteiger partial charge is 0.461 e. The average molecular weight is 496 g/mol. The number of hydrogen-bond donors (Lipinski definition) is 1. The summed E-state index contributed by atoms with van der Waals surface area (Å²) in [4.78, 5) is 14.3. The van der Waals surface area contributed by atoms with Crippen molar-refractivity contribution in [2.75, 3.05) is 29.1 Å². The van der Waals surface area contributed by atoms with Gasteiger partial charge in [0.2, 0.25) is 11.7 Å².